The third kappa shape index (κ3) is 5.42. The number of hydrogen-bond acceptors (Lipinski definition) is 3. The fraction of sp³-hybridized carbons (Fsp3) is 0.462. The van der Waals surface area contributed by atoms with Crippen LogP contribution in [0.5, 0.6) is 0 Å². The molecule has 100 valence electrons. The van der Waals surface area contributed by atoms with Gasteiger partial charge in [0.15, 0.2) is 5.17 Å². The summed E-state index contributed by atoms with van der Waals surface area (Å²) in [5.74, 6) is 0. The van der Waals surface area contributed by atoms with Crippen LogP contribution in [0.4, 0.5) is 5.69 Å². The van der Waals surface area contributed by atoms with Crippen molar-refractivity contribution in [2.75, 3.05) is 31.8 Å². The van der Waals surface area contributed by atoms with Gasteiger partial charge in [-0.2, -0.15) is 0 Å². The second-order valence-electron chi connectivity index (χ2n) is 3.82. The summed E-state index contributed by atoms with van der Waals surface area (Å²) in [5.41, 5.74) is 2.29. The van der Waals surface area contributed by atoms with E-state index < -0.39 is 0 Å². The molecule has 0 heterocycles. The van der Waals surface area contributed by atoms with Gasteiger partial charge in [-0.25, -0.2) is 0 Å². The van der Waals surface area contributed by atoms with E-state index >= 15 is 0 Å². The van der Waals surface area contributed by atoms with Gasteiger partial charge in [0.25, 0.3) is 0 Å². The molecule has 0 saturated heterocycles. The molecule has 5 heteroatoms. The van der Waals surface area contributed by atoms with Crippen molar-refractivity contribution in [2.24, 2.45) is 4.99 Å². The Bertz CT molecular complexity index is 410. The summed E-state index contributed by atoms with van der Waals surface area (Å²) in [4.78, 5) is 4.52. The molecule has 0 atom stereocenters. The maximum Gasteiger partial charge on any atom is 0.160 e. The number of benzene rings is 1. The SMILES string of the molecule is COCCCN=C(Nc1ccc(Br)cc1C)SC. The number of aryl methyl sites for hydroxylation is 1. The highest BCUT2D eigenvalue weighted by Gasteiger charge is 2.02. The van der Waals surface area contributed by atoms with Crippen molar-refractivity contribution in [3.63, 3.8) is 0 Å². The molecule has 0 aromatic heterocycles. The Morgan fingerprint density at radius 1 is 1.50 bits per heavy atom. The predicted molar refractivity (Wildman–Crippen MR) is 84.8 cm³/mol. The van der Waals surface area contributed by atoms with E-state index in [1.54, 1.807) is 18.9 Å². The number of amidine groups is 1. The highest BCUT2D eigenvalue weighted by atomic mass is 79.9. The normalized spacial score (nSPS) is 11.7. The second kappa shape index (κ2) is 8.56. The van der Waals surface area contributed by atoms with Crippen molar-refractivity contribution in [2.45, 2.75) is 13.3 Å². The number of aliphatic imine (C=N–C) groups is 1. The van der Waals surface area contributed by atoms with Crippen molar-refractivity contribution in [1.29, 1.82) is 0 Å². The summed E-state index contributed by atoms with van der Waals surface area (Å²) in [6, 6.07) is 6.17. The van der Waals surface area contributed by atoms with Gasteiger partial charge in [-0.1, -0.05) is 27.7 Å². The molecule has 0 spiro atoms. The Morgan fingerprint density at radius 3 is 2.89 bits per heavy atom. The Labute approximate surface area is 122 Å². The molecule has 1 N–H and O–H groups in total. The van der Waals surface area contributed by atoms with Crippen molar-refractivity contribution < 1.29 is 4.74 Å². The fourth-order valence-electron chi connectivity index (χ4n) is 1.43. The number of halogens is 1. The molecule has 1 aromatic carbocycles. The summed E-state index contributed by atoms with van der Waals surface area (Å²) in [7, 11) is 1.71. The second-order valence-corrected chi connectivity index (χ2v) is 5.53. The van der Waals surface area contributed by atoms with Gasteiger partial charge in [-0.3, -0.25) is 4.99 Å². The van der Waals surface area contributed by atoms with Crippen LogP contribution in [0.2, 0.25) is 0 Å². The predicted octanol–water partition coefficient (Wildman–Crippen LogP) is 3.92. The molecule has 1 rings (SSSR count). The molecule has 0 bridgehead atoms. The van der Waals surface area contributed by atoms with Crippen LogP contribution in [0.15, 0.2) is 27.7 Å². The van der Waals surface area contributed by atoms with Gasteiger partial charge in [0.1, 0.15) is 0 Å². The molecule has 0 aliphatic rings. The molecular formula is C13H19BrN2OS. The number of ether oxygens (including phenoxy) is 1. The van der Waals surface area contributed by atoms with Crippen LogP contribution in [-0.4, -0.2) is 31.7 Å². The van der Waals surface area contributed by atoms with Gasteiger partial charge >= 0.3 is 0 Å². The quantitative estimate of drug-likeness (QED) is 0.504. The number of nitrogens with one attached hydrogen (secondary N) is 1. The number of methoxy groups -OCH3 is 1. The minimum Gasteiger partial charge on any atom is -0.385 e. The lowest BCUT2D eigenvalue weighted by molar-refractivity contribution is 0.197. The first-order valence-corrected chi connectivity index (χ1v) is 7.79. The zero-order valence-electron chi connectivity index (χ0n) is 11.0. The first kappa shape index (κ1) is 15.5. The minimum absolute atomic E-state index is 0.752. The average molecular weight is 331 g/mol. The van der Waals surface area contributed by atoms with E-state index in [2.05, 4.69) is 45.3 Å². The molecule has 1 aromatic rings. The maximum absolute atomic E-state index is 5.01. The Balaban J connectivity index is 2.61. The topological polar surface area (TPSA) is 33.6 Å². The molecule has 0 unspecified atom stereocenters. The lowest BCUT2D eigenvalue weighted by Crippen LogP contribution is -2.09. The zero-order valence-corrected chi connectivity index (χ0v) is 13.4. The van der Waals surface area contributed by atoms with Crippen LogP contribution in [-0.2, 0) is 4.74 Å². The van der Waals surface area contributed by atoms with E-state index in [9.17, 15) is 0 Å². The Kier molecular flexibility index (Phi) is 7.39. The molecule has 0 aliphatic carbocycles. The Morgan fingerprint density at radius 2 is 2.28 bits per heavy atom. The lowest BCUT2D eigenvalue weighted by Gasteiger charge is -2.10. The summed E-state index contributed by atoms with van der Waals surface area (Å²) in [5, 5.41) is 4.29. The van der Waals surface area contributed by atoms with E-state index in [1.807, 2.05) is 12.3 Å². The van der Waals surface area contributed by atoms with E-state index in [4.69, 9.17) is 4.74 Å². The number of thioether (sulfide) groups is 1. The summed E-state index contributed by atoms with van der Waals surface area (Å²) < 4.78 is 6.10. The van der Waals surface area contributed by atoms with Crippen LogP contribution in [0.3, 0.4) is 0 Å². The van der Waals surface area contributed by atoms with Crippen molar-refractivity contribution in [1.82, 2.24) is 0 Å². The zero-order chi connectivity index (χ0) is 13.4. The highest BCUT2D eigenvalue weighted by molar-refractivity contribution is 9.10. The van der Waals surface area contributed by atoms with Gasteiger partial charge in [-0.05, 0) is 43.4 Å². The van der Waals surface area contributed by atoms with Gasteiger partial charge in [0.05, 0.1) is 0 Å². The molecular weight excluding hydrogens is 312 g/mol. The fourth-order valence-corrected chi connectivity index (χ4v) is 2.34. The molecule has 18 heavy (non-hydrogen) atoms. The van der Waals surface area contributed by atoms with Gasteiger partial charge in [-0.15, -0.1) is 0 Å². The van der Waals surface area contributed by atoms with Crippen molar-refractivity contribution in [3.8, 4) is 0 Å². The molecule has 0 amide bonds. The average Bonchev–Trinajstić information content (AvgIpc) is 2.35. The van der Waals surface area contributed by atoms with E-state index in [0.29, 0.717) is 0 Å². The monoisotopic (exact) mass is 330 g/mol. The van der Waals surface area contributed by atoms with Crippen LogP contribution in [0.1, 0.15) is 12.0 Å². The number of hydrogen-bond donors (Lipinski definition) is 1. The van der Waals surface area contributed by atoms with Crippen LogP contribution >= 0.6 is 27.7 Å². The smallest absolute Gasteiger partial charge is 0.160 e. The van der Waals surface area contributed by atoms with Crippen molar-refractivity contribution >= 4 is 38.5 Å². The van der Waals surface area contributed by atoms with Gasteiger partial charge < -0.3 is 10.1 Å². The van der Waals surface area contributed by atoms with Crippen molar-refractivity contribution in [3.05, 3.63) is 28.2 Å². The van der Waals surface area contributed by atoms with Gasteiger partial charge in [0, 0.05) is 30.4 Å². The van der Waals surface area contributed by atoms with Crippen LogP contribution < -0.4 is 5.32 Å². The van der Waals surface area contributed by atoms with E-state index in [1.165, 1.54) is 5.56 Å². The molecule has 3 nitrogen and oxygen atoms in total. The first-order valence-electron chi connectivity index (χ1n) is 5.78. The largest absolute Gasteiger partial charge is 0.385 e. The lowest BCUT2D eigenvalue weighted by atomic mass is 10.2. The number of rotatable bonds is 5. The molecule has 0 fully saturated rings. The third-order valence-electron chi connectivity index (χ3n) is 2.39. The molecule has 0 radical (unpaired) electrons. The summed E-state index contributed by atoms with van der Waals surface area (Å²) in [6.07, 6.45) is 2.97. The standard InChI is InChI=1S/C13H19BrN2OS/c1-10-9-11(14)5-6-12(10)16-13(18-3)15-7-4-8-17-2/h5-6,9H,4,7-8H2,1-3H3,(H,15,16). The Hall–Kier alpha value is -0.520. The maximum atomic E-state index is 5.01. The van der Waals surface area contributed by atoms with Crippen LogP contribution in [0, 0.1) is 6.92 Å². The molecule has 0 saturated carbocycles. The number of nitrogens with zero attached hydrogens (tertiary/aromatic N) is 1. The first-order chi connectivity index (χ1) is 8.67. The summed E-state index contributed by atoms with van der Waals surface area (Å²) in [6.45, 7) is 3.62. The summed E-state index contributed by atoms with van der Waals surface area (Å²) >= 11 is 5.08. The minimum atomic E-state index is 0.752. The third-order valence-corrected chi connectivity index (χ3v) is 3.50. The van der Waals surface area contributed by atoms with Crippen LogP contribution in [0.25, 0.3) is 0 Å². The molecule has 0 aliphatic heterocycles. The van der Waals surface area contributed by atoms with Gasteiger partial charge in [0.2, 0.25) is 0 Å². The number of anilines is 1. The van der Waals surface area contributed by atoms with E-state index in [0.717, 1.165) is 34.9 Å². The van der Waals surface area contributed by atoms with E-state index in [-0.39, 0.29) is 0 Å². The highest BCUT2D eigenvalue weighted by Crippen LogP contribution is 2.21.